The van der Waals surface area contributed by atoms with Crippen LogP contribution in [0.1, 0.15) is 5.82 Å². The number of hydrogen-bond acceptors (Lipinski definition) is 3. The summed E-state index contributed by atoms with van der Waals surface area (Å²) in [5, 5.41) is 0. The lowest BCUT2D eigenvalue weighted by molar-refractivity contribution is 1.06. The van der Waals surface area contributed by atoms with Crippen LogP contribution in [0, 0.1) is 6.92 Å². The monoisotopic (exact) mass is 323 g/mol. The molecule has 0 saturated carbocycles. The Bertz CT molecular complexity index is 979. The van der Waals surface area contributed by atoms with E-state index in [-0.39, 0.29) is 0 Å². The van der Waals surface area contributed by atoms with Crippen LogP contribution in [0.15, 0.2) is 85.2 Å². The van der Waals surface area contributed by atoms with Crippen LogP contribution < -0.4 is 0 Å². The molecule has 2 heterocycles. The Morgan fingerprint density at radius 3 is 1.88 bits per heavy atom. The van der Waals surface area contributed by atoms with Crippen LogP contribution in [-0.4, -0.2) is 15.0 Å². The highest BCUT2D eigenvalue weighted by Gasteiger charge is 2.07. The Morgan fingerprint density at radius 2 is 1.20 bits per heavy atom. The first-order chi connectivity index (χ1) is 12.3. The number of rotatable bonds is 3. The molecule has 0 unspecified atom stereocenters. The highest BCUT2D eigenvalue weighted by Crippen LogP contribution is 2.26. The zero-order valence-electron chi connectivity index (χ0n) is 13.9. The number of aromatic nitrogens is 3. The zero-order chi connectivity index (χ0) is 17.1. The van der Waals surface area contributed by atoms with Crippen molar-refractivity contribution in [1.82, 2.24) is 15.0 Å². The smallest absolute Gasteiger partial charge is 0.126 e. The fourth-order valence-corrected chi connectivity index (χ4v) is 2.84. The van der Waals surface area contributed by atoms with Gasteiger partial charge in [0.1, 0.15) is 5.82 Å². The van der Waals surface area contributed by atoms with Crippen LogP contribution in [0.25, 0.3) is 33.6 Å². The third-order valence-corrected chi connectivity index (χ3v) is 4.08. The zero-order valence-corrected chi connectivity index (χ0v) is 13.9. The van der Waals surface area contributed by atoms with E-state index in [2.05, 4.69) is 63.5 Å². The number of nitrogens with zero attached hydrogens (tertiary/aromatic N) is 3. The van der Waals surface area contributed by atoms with Crippen LogP contribution in [0.4, 0.5) is 0 Å². The second-order valence-corrected chi connectivity index (χ2v) is 5.87. The molecule has 0 saturated heterocycles. The summed E-state index contributed by atoms with van der Waals surface area (Å²) in [6.07, 6.45) is 3.59. The van der Waals surface area contributed by atoms with E-state index in [1.165, 1.54) is 11.1 Å². The third-order valence-electron chi connectivity index (χ3n) is 4.08. The molecule has 0 atom stereocenters. The first-order valence-corrected chi connectivity index (χ1v) is 8.21. The highest BCUT2D eigenvalue weighted by molar-refractivity contribution is 5.71. The minimum Gasteiger partial charge on any atom is -0.264 e. The summed E-state index contributed by atoms with van der Waals surface area (Å²) < 4.78 is 0. The second-order valence-electron chi connectivity index (χ2n) is 5.87. The van der Waals surface area contributed by atoms with Crippen molar-refractivity contribution in [3.63, 3.8) is 0 Å². The molecule has 0 radical (unpaired) electrons. The Labute approximate surface area is 147 Å². The van der Waals surface area contributed by atoms with Gasteiger partial charge in [0.15, 0.2) is 0 Å². The molecule has 25 heavy (non-hydrogen) atoms. The minimum absolute atomic E-state index is 0.753. The summed E-state index contributed by atoms with van der Waals surface area (Å²) in [5.74, 6) is 0.753. The Morgan fingerprint density at radius 1 is 0.600 bits per heavy atom. The maximum atomic E-state index is 4.60. The summed E-state index contributed by atoms with van der Waals surface area (Å²) in [4.78, 5) is 13.3. The molecule has 2 aromatic carbocycles. The van der Waals surface area contributed by atoms with Gasteiger partial charge in [0.2, 0.25) is 0 Å². The van der Waals surface area contributed by atoms with Crippen molar-refractivity contribution in [1.29, 1.82) is 0 Å². The van der Waals surface area contributed by atoms with Crippen molar-refractivity contribution in [2.24, 2.45) is 0 Å². The fourth-order valence-electron chi connectivity index (χ4n) is 2.84. The van der Waals surface area contributed by atoms with Gasteiger partial charge >= 0.3 is 0 Å². The van der Waals surface area contributed by atoms with Gasteiger partial charge in [-0.05, 0) is 36.2 Å². The van der Waals surface area contributed by atoms with E-state index in [4.69, 9.17) is 0 Å². The summed E-state index contributed by atoms with van der Waals surface area (Å²) >= 11 is 0. The van der Waals surface area contributed by atoms with Crippen molar-refractivity contribution in [3.05, 3.63) is 91.0 Å². The number of pyridine rings is 1. The van der Waals surface area contributed by atoms with Gasteiger partial charge in [0.05, 0.1) is 11.4 Å². The van der Waals surface area contributed by atoms with E-state index in [1.54, 1.807) is 6.20 Å². The van der Waals surface area contributed by atoms with E-state index in [0.717, 1.165) is 28.3 Å². The van der Waals surface area contributed by atoms with Gasteiger partial charge in [-0.1, -0.05) is 54.6 Å². The van der Waals surface area contributed by atoms with Crippen LogP contribution in [0.2, 0.25) is 0 Å². The van der Waals surface area contributed by atoms with Gasteiger partial charge in [-0.2, -0.15) is 0 Å². The number of aryl methyl sites for hydroxylation is 1. The van der Waals surface area contributed by atoms with Gasteiger partial charge in [0.25, 0.3) is 0 Å². The molecule has 0 spiro atoms. The lowest BCUT2D eigenvalue weighted by Gasteiger charge is -2.08. The Hall–Kier alpha value is -3.33. The fraction of sp³-hybridized carbons (Fsp3) is 0.0455. The topological polar surface area (TPSA) is 38.7 Å². The standard InChI is InChI=1S/C22H17N3/c1-16-24-21(14-22(25-16)20-8-5-13-23-15-20)19-11-9-18(10-12-19)17-6-3-2-4-7-17/h2-15H,1H3. The molecule has 0 amide bonds. The minimum atomic E-state index is 0.753. The van der Waals surface area contributed by atoms with Crippen molar-refractivity contribution >= 4 is 0 Å². The molecule has 0 aliphatic rings. The molecule has 0 bridgehead atoms. The van der Waals surface area contributed by atoms with Crippen molar-refractivity contribution in [2.75, 3.05) is 0 Å². The number of hydrogen-bond donors (Lipinski definition) is 0. The predicted octanol–water partition coefficient (Wildman–Crippen LogP) is 5.18. The molecule has 3 heteroatoms. The lowest BCUT2D eigenvalue weighted by atomic mass is 10.0. The van der Waals surface area contributed by atoms with Crippen LogP contribution in [0.3, 0.4) is 0 Å². The molecule has 0 N–H and O–H groups in total. The molecule has 3 nitrogen and oxygen atoms in total. The number of benzene rings is 2. The Kier molecular flexibility index (Phi) is 4.05. The first-order valence-electron chi connectivity index (χ1n) is 8.21. The van der Waals surface area contributed by atoms with E-state index >= 15 is 0 Å². The van der Waals surface area contributed by atoms with E-state index in [1.807, 2.05) is 37.4 Å². The van der Waals surface area contributed by atoms with Crippen molar-refractivity contribution < 1.29 is 0 Å². The van der Waals surface area contributed by atoms with E-state index in [9.17, 15) is 0 Å². The average Bonchev–Trinajstić information content (AvgIpc) is 2.69. The quantitative estimate of drug-likeness (QED) is 0.521. The molecule has 4 rings (SSSR count). The molecule has 2 aromatic heterocycles. The Balaban J connectivity index is 1.71. The largest absolute Gasteiger partial charge is 0.264 e. The van der Waals surface area contributed by atoms with Crippen LogP contribution in [0.5, 0.6) is 0 Å². The SMILES string of the molecule is Cc1nc(-c2ccc(-c3ccccc3)cc2)cc(-c2cccnc2)n1. The summed E-state index contributed by atoms with van der Waals surface area (Å²) in [6, 6.07) is 24.8. The normalized spacial score (nSPS) is 10.6. The molecular formula is C22H17N3. The summed E-state index contributed by atoms with van der Waals surface area (Å²) in [5.41, 5.74) is 6.30. The maximum absolute atomic E-state index is 4.60. The summed E-state index contributed by atoms with van der Waals surface area (Å²) in [6.45, 7) is 1.92. The predicted molar refractivity (Wildman–Crippen MR) is 101 cm³/mol. The highest BCUT2D eigenvalue weighted by atomic mass is 14.9. The summed E-state index contributed by atoms with van der Waals surface area (Å²) in [7, 11) is 0. The van der Waals surface area contributed by atoms with Gasteiger partial charge in [-0.25, -0.2) is 9.97 Å². The lowest BCUT2D eigenvalue weighted by Crippen LogP contribution is -1.95. The van der Waals surface area contributed by atoms with Crippen molar-refractivity contribution in [2.45, 2.75) is 6.92 Å². The van der Waals surface area contributed by atoms with Crippen LogP contribution in [-0.2, 0) is 0 Å². The van der Waals surface area contributed by atoms with Gasteiger partial charge in [-0.15, -0.1) is 0 Å². The average molecular weight is 323 g/mol. The third kappa shape index (κ3) is 3.31. The van der Waals surface area contributed by atoms with E-state index in [0.29, 0.717) is 0 Å². The van der Waals surface area contributed by atoms with Gasteiger partial charge in [-0.3, -0.25) is 4.98 Å². The first kappa shape index (κ1) is 15.2. The van der Waals surface area contributed by atoms with E-state index < -0.39 is 0 Å². The molecular weight excluding hydrogens is 306 g/mol. The van der Waals surface area contributed by atoms with Gasteiger partial charge < -0.3 is 0 Å². The second kappa shape index (κ2) is 6.65. The molecule has 0 aliphatic heterocycles. The van der Waals surface area contributed by atoms with Crippen LogP contribution >= 0.6 is 0 Å². The molecule has 0 aliphatic carbocycles. The maximum Gasteiger partial charge on any atom is 0.126 e. The molecule has 120 valence electrons. The molecule has 4 aromatic rings. The van der Waals surface area contributed by atoms with Crippen molar-refractivity contribution in [3.8, 4) is 33.6 Å². The van der Waals surface area contributed by atoms with Gasteiger partial charge in [0, 0.05) is 23.5 Å². The molecule has 0 fully saturated rings.